The first-order chi connectivity index (χ1) is 13.1. The van der Waals surface area contributed by atoms with Gasteiger partial charge in [-0.1, -0.05) is 11.8 Å². The van der Waals surface area contributed by atoms with Crippen molar-refractivity contribution in [2.45, 2.75) is 44.3 Å². The molecule has 1 atom stereocenters. The molecule has 1 fully saturated rings. The third-order valence-corrected chi connectivity index (χ3v) is 6.20. The minimum Gasteiger partial charge on any atom is -0.497 e. The number of nitrogens with zero attached hydrogens (tertiary/aromatic N) is 4. The fourth-order valence-electron chi connectivity index (χ4n) is 3.79. The predicted octanol–water partition coefficient (Wildman–Crippen LogP) is 3.69. The number of carbonyl (C=O) groups excluding carboxylic acids is 1. The van der Waals surface area contributed by atoms with Crippen LogP contribution in [0.4, 0.5) is 0 Å². The van der Waals surface area contributed by atoms with Gasteiger partial charge >= 0.3 is 0 Å². The zero-order valence-corrected chi connectivity index (χ0v) is 16.8. The van der Waals surface area contributed by atoms with Crippen molar-refractivity contribution in [1.82, 2.24) is 19.5 Å². The van der Waals surface area contributed by atoms with Crippen molar-refractivity contribution >= 4 is 34.2 Å². The minimum absolute atomic E-state index is 0.183. The van der Waals surface area contributed by atoms with Crippen LogP contribution in [0.5, 0.6) is 5.75 Å². The van der Waals surface area contributed by atoms with E-state index in [1.165, 1.54) is 18.2 Å². The molecule has 1 amide bonds. The number of hydrogen-bond donors (Lipinski definition) is 0. The lowest BCUT2D eigenvalue weighted by molar-refractivity contribution is -0.131. The molecule has 1 aliphatic heterocycles. The molecule has 6 nitrogen and oxygen atoms in total. The summed E-state index contributed by atoms with van der Waals surface area (Å²) < 4.78 is 7.39. The Morgan fingerprint density at radius 3 is 2.93 bits per heavy atom. The molecule has 0 aliphatic carbocycles. The summed E-state index contributed by atoms with van der Waals surface area (Å²) in [5, 5.41) is 10.5. The zero-order valence-electron chi connectivity index (χ0n) is 15.9. The van der Waals surface area contributed by atoms with Crippen LogP contribution in [0.2, 0.25) is 0 Å². The number of methoxy groups -OCH3 is 1. The third-order valence-electron chi connectivity index (χ3n) is 5.28. The smallest absolute Gasteiger partial charge is 0.233 e. The maximum atomic E-state index is 12.7. The standard InChI is InChI=1S/C20H24N4O2S/c1-13-10-15-11-16(26-3)7-8-17(15)24-19(13)21-22-20(24)27-12-18(25)23-9-5-4-6-14(23)2/h7-8,10-11,14H,4-6,9,12H2,1-3H3/t14-/m1/s1. The van der Waals surface area contributed by atoms with Gasteiger partial charge in [0.2, 0.25) is 5.91 Å². The highest BCUT2D eigenvalue weighted by molar-refractivity contribution is 7.99. The van der Waals surface area contributed by atoms with Gasteiger partial charge in [0, 0.05) is 18.0 Å². The van der Waals surface area contributed by atoms with Gasteiger partial charge < -0.3 is 9.64 Å². The predicted molar refractivity (Wildman–Crippen MR) is 108 cm³/mol. The number of piperidine rings is 1. The first-order valence-corrected chi connectivity index (χ1v) is 10.3. The van der Waals surface area contributed by atoms with Gasteiger partial charge in [-0.3, -0.25) is 9.20 Å². The van der Waals surface area contributed by atoms with Crippen LogP contribution in [0.1, 0.15) is 31.7 Å². The number of aromatic nitrogens is 3. The molecule has 0 bridgehead atoms. The number of carbonyl (C=O) groups is 1. The summed E-state index contributed by atoms with van der Waals surface area (Å²) >= 11 is 1.46. The van der Waals surface area contributed by atoms with Crippen LogP contribution in [0.25, 0.3) is 16.6 Å². The van der Waals surface area contributed by atoms with Crippen LogP contribution in [0.3, 0.4) is 0 Å². The molecule has 0 spiro atoms. The van der Waals surface area contributed by atoms with Crippen molar-refractivity contribution in [2.75, 3.05) is 19.4 Å². The average Bonchev–Trinajstić information content (AvgIpc) is 3.11. The molecule has 7 heteroatoms. The number of ether oxygens (including phenoxy) is 1. The molecule has 1 aromatic carbocycles. The topological polar surface area (TPSA) is 59.7 Å². The molecule has 0 saturated carbocycles. The number of rotatable bonds is 4. The quantitative estimate of drug-likeness (QED) is 0.642. The van der Waals surface area contributed by atoms with Crippen LogP contribution >= 0.6 is 11.8 Å². The fraction of sp³-hybridized carbons (Fsp3) is 0.450. The largest absolute Gasteiger partial charge is 0.497 e. The number of hydrogen-bond acceptors (Lipinski definition) is 5. The van der Waals surface area contributed by atoms with Crippen LogP contribution in [-0.4, -0.2) is 50.9 Å². The Morgan fingerprint density at radius 2 is 2.15 bits per heavy atom. The van der Waals surface area contributed by atoms with Gasteiger partial charge in [-0.15, -0.1) is 10.2 Å². The zero-order chi connectivity index (χ0) is 19.0. The van der Waals surface area contributed by atoms with Gasteiger partial charge in [0.05, 0.1) is 18.4 Å². The first kappa shape index (κ1) is 18.1. The highest BCUT2D eigenvalue weighted by atomic mass is 32.2. The van der Waals surface area contributed by atoms with Crippen molar-refractivity contribution in [3.05, 3.63) is 29.8 Å². The van der Waals surface area contributed by atoms with Gasteiger partial charge in [0.15, 0.2) is 10.8 Å². The number of aryl methyl sites for hydroxylation is 1. The van der Waals surface area contributed by atoms with E-state index in [-0.39, 0.29) is 5.91 Å². The first-order valence-electron chi connectivity index (χ1n) is 9.33. The van der Waals surface area contributed by atoms with Crippen LogP contribution in [0.15, 0.2) is 29.4 Å². The lowest BCUT2D eigenvalue weighted by Crippen LogP contribution is -2.42. The number of amides is 1. The summed E-state index contributed by atoms with van der Waals surface area (Å²) in [6.07, 6.45) is 3.40. The number of fused-ring (bicyclic) bond motifs is 3. The van der Waals surface area contributed by atoms with Crippen LogP contribution in [0, 0.1) is 6.92 Å². The summed E-state index contributed by atoms with van der Waals surface area (Å²) in [5.74, 6) is 1.39. The highest BCUT2D eigenvalue weighted by Crippen LogP contribution is 2.28. The van der Waals surface area contributed by atoms with E-state index in [0.29, 0.717) is 11.8 Å². The Hall–Kier alpha value is -2.28. The van der Waals surface area contributed by atoms with Gasteiger partial charge in [-0.25, -0.2) is 0 Å². The summed E-state index contributed by atoms with van der Waals surface area (Å²) in [5.41, 5.74) is 2.89. The SMILES string of the molecule is COc1ccc2c(c1)cc(C)c1nnc(SCC(=O)N3CCCC[C@H]3C)n12. The number of thioether (sulfide) groups is 1. The van der Waals surface area contributed by atoms with Gasteiger partial charge in [-0.2, -0.15) is 0 Å². The molecular weight excluding hydrogens is 360 g/mol. The fourth-order valence-corrected chi connectivity index (χ4v) is 4.62. The molecule has 0 radical (unpaired) electrons. The lowest BCUT2D eigenvalue weighted by atomic mass is 10.0. The molecule has 0 N–H and O–H groups in total. The van der Waals surface area contributed by atoms with Crippen molar-refractivity contribution in [3.63, 3.8) is 0 Å². The molecule has 2 aromatic heterocycles. The Morgan fingerprint density at radius 1 is 1.30 bits per heavy atom. The van der Waals surface area contributed by atoms with Crippen molar-refractivity contribution in [2.24, 2.45) is 0 Å². The number of likely N-dealkylation sites (tertiary alicyclic amines) is 1. The maximum Gasteiger partial charge on any atom is 0.233 e. The second-order valence-corrected chi connectivity index (χ2v) is 8.06. The average molecular weight is 385 g/mol. The van der Waals surface area contributed by atoms with E-state index in [1.807, 2.05) is 34.4 Å². The maximum absolute atomic E-state index is 12.7. The molecule has 1 aliphatic rings. The van der Waals surface area contributed by atoms with Crippen molar-refractivity contribution in [3.8, 4) is 5.75 Å². The van der Waals surface area contributed by atoms with Crippen LogP contribution < -0.4 is 4.74 Å². The van der Waals surface area contributed by atoms with E-state index in [4.69, 9.17) is 4.74 Å². The highest BCUT2D eigenvalue weighted by Gasteiger charge is 2.24. The molecule has 27 heavy (non-hydrogen) atoms. The molecular formula is C20H24N4O2S. The van der Waals surface area contributed by atoms with Gasteiger partial charge in [0.25, 0.3) is 0 Å². The van der Waals surface area contributed by atoms with E-state index in [9.17, 15) is 4.79 Å². The van der Waals surface area contributed by atoms with E-state index < -0.39 is 0 Å². The van der Waals surface area contributed by atoms with E-state index >= 15 is 0 Å². The molecule has 3 aromatic rings. The summed E-state index contributed by atoms with van der Waals surface area (Å²) in [6, 6.07) is 8.39. The summed E-state index contributed by atoms with van der Waals surface area (Å²) in [4.78, 5) is 14.7. The molecule has 142 valence electrons. The molecule has 0 unspecified atom stereocenters. The second-order valence-electron chi connectivity index (χ2n) is 7.11. The van der Waals surface area contributed by atoms with E-state index in [1.54, 1.807) is 7.11 Å². The summed E-state index contributed by atoms with van der Waals surface area (Å²) in [7, 11) is 1.67. The Balaban J connectivity index is 1.65. The number of benzene rings is 1. The lowest BCUT2D eigenvalue weighted by Gasteiger charge is -2.33. The number of pyridine rings is 1. The van der Waals surface area contributed by atoms with Gasteiger partial charge in [-0.05, 0) is 62.9 Å². The van der Waals surface area contributed by atoms with Crippen LogP contribution in [-0.2, 0) is 4.79 Å². The Bertz CT molecular complexity index is 1000. The Kier molecular flexibility index (Phi) is 4.95. The third kappa shape index (κ3) is 3.36. The Labute approximate surface area is 162 Å². The van der Waals surface area contributed by atoms with Crippen molar-refractivity contribution < 1.29 is 9.53 Å². The van der Waals surface area contributed by atoms with Crippen molar-refractivity contribution in [1.29, 1.82) is 0 Å². The van der Waals surface area contributed by atoms with Gasteiger partial charge in [0.1, 0.15) is 5.75 Å². The minimum atomic E-state index is 0.183. The normalized spacial score (nSPS) is 17.6. The van der Waals surface area contributed by atoms with E-state index in [0.717, 1.165) is 52.4 Å². The molecule has 4 rings (SSSR count). The molecule has 1 saturated heterocycles. The monoisotopic (exact) mass is 384 g/mol. The molecule has 3 heterocycles. The summed E-state index contributed by atoms with van der Waals surface area (Å²) in [6.45, 7) is 5.03. The van der Waals surface area contributed by atoms with E-state index in [2.05, 4.69) is 23.2 Å². The second kappa shape index (κ2) is 7.38.